The fraction of sp³-hybridized carbons (Fsp3) is 1.00. The van der Waals surface area contributed by atoms with Gasteiger partial charge in [-0.15, -0.1) is 0 Å². The summed E-state index contributed by atoms with van der Waals surface area (Å²) in [5.74, 6) is 0.898. The van der Waals surface area contributed by atoms with E-state index in [1.54, 1.807) is 0 Å². The fourth-order valence-electron chi connectivity index (χ4n) is 0.577. The van der Waals surface area contributed by atoms with Crippen LogP contribution >= 0.6 is 0 Å². The minimum absolute atomic E-state index is 0. The zero-order valence-electron chi connectivity index (χ0n) is 5.40. The van der Waals surface area contributed by atoms with Crippen molar-refractivity contribution < 1.29 is 21.1 Å². The summed E-state index contributed by atoms with van der Waals surface area (Å²) < 4.78 is 0. The van der Waals surface area contributed by atoms with Crippen LogP contribution in [-0.2, 0) is 21.1 Å². The Kier molecular flexibility index (Phi) is 10.2. The van der Waals surface area contributed by atoms with Gasteiger partial charge >= 0.3 is 0 Å². The van der Waals surface area contributed by atoms with Crippen LogP contribution in [0.2, 0.25) is 0 Å². The van der Waals surface area contributed by atoms with E-state index in [0.29, 0.717) is 0 Å². The van der Waals surface area contributed by atoms with E-state index in [2.05, 4.69) is 20.8 Å². The van der Waals surface area contributed by atoms with Gasteiger partial charge in [-0.25, -0.2) is 0 Å². The maximum absolute atomic E-state index is 2.25. The van der Waals surface area contributed by atoms with Crippen molar-refractivity contribution in [2.75, 3.05) is 0 Å². The first kappa shape index (κ1) is 10.6. The number of hydrogen-bond donors (Lipinski definition) is 0. The summed E-state index contributed by atoms with van der Waals surface area (Å²) in [5.41, 5.74) is 0. The predicted octanol–water partition coefficient (Wildman–Crippen LogP) is 2.44. The van der Waals surface area contributed by atoms with Crippen LogP contribution in [0.15, 0.2) is 0 Å². The molecule has 0 bridgehead atoms. The summed E-state index contributed by atoms with van der Waals surface area (Å²) >= 11 is 0. The second-order valence-electron chi connectivity index (χ2n) is 2.18. The van der Waals surface area contributed by atoms with E-state index in [1.807, 2.05) is 0 Å². The Bertz CT molecular complexity index is 25.4. The van der Waals surface area contributed by atoms with Crippen molar-refractivity contribution in [1.82, 2.24) is 0 Å². The van der Waals surface area contributed by atoms with Gasteiger partial charge in [0.25, 0.3) is 0 Å². The molecule has 0 aromatic carbocycles. The van der Waals surface area contributed by atoms with Crippen molar-refractivity contribution in [2.24, 2.45) is 5.92 Å². The average Bonchev–Trinajstić information content (AvgIpc) is 1.35. The van der Waals surface area contributed by atoms with Gasteiger partial charge < -0.3 is 0 Å². The zero-order chi connectivity index (χ0) is 4.99. The Labute approximate surface area is 61.0 Å². The molecular formula is C6H14W. The van der Waals surface area contributed by atoms with Crippen LogP contribution in [0.3, 0.4) is 0 Å². The molecule has 0 heterocycles. The maximum Gasteiger partial charge on any atom is 0 e. The van der Waals surface area contributed by atoms with Crippen molar-refractivity contribution in [3.63, 3.8) is 0 Å². The minimum Gasteiger partial charge on any atom is -0.0654 e. The molecule has 0 aliphatic rings. The Morgan fingerprint density at radius 2 is 1.71 bits per heavy atom. The van der Waals surface area contributed by atoms with Crippen LogP contribution in [0.4, 0.5) is 0 Å². The van der Waals surface area contributed by atoms with E-state index >= 15 is 0 Å². The fourth-order valence-corrected chi connectivity index (χ4v) is 0.577. The summed E-state index contributed by atoms with van der Waals surface area (Å²) in [5, 5.41) is 0. The van der Waals surface area contributed by atoms with Crippen molar-refractivity contribution in [1.29, 1.82) is 0 Å². The molecule has 0 spiro atoms. The van der Waals surface area contributed by atoms with Crippen LogP contribution in [0.5, 0.6) is 0 Å². The summed E-state index contributed by atoms with van der Waals surface area (Å²) in [6.45, 7) is 6.73. The molecular weight excluding hydrogens is 256 g/mol. The third kappa shape index (κ3) is 10.8. The van der Waals surface area contributed by atoms with Gasteiger partial charge in [0.05, 0.1) is 0 Å². The first-order valence-electron chi connectivity index (χ1n) is 2.77. The predicted molar refractivity (Wildman–Crippen MR) is 29.7 cm³/mol. The second-order valence-corrected chi connectivity index (χ2v) is 2.18. The molecule has 0 aliphatic heterocycles. The van der Waals surface area contributed by atoms with Gasteiger partial charge in [0.1, 0.15) is 0 Å². The molecule has 0 nitrogen and oxygen atoms in total. The van der Waals surface area contributed by atoms with E-state index in [0.717, 1.165) is 5.92 Å². The average molecular weight is 270 g/mol. The van der Waals surface area contributed by atoms with Crippen molar-refractivity contribution >= 4 is 0 Å². The largest absolute Gasteiger partial charge is 0.0654 e. The third-order valence-corrected chi connectivity index (χ3v) is 0.866. The van der Waals surface area contributed by atoms with Crippen molar-refractivity contribution in [3.8, 4) is 0 Å². The van der Waals surface area contributed by atoms with Crippen molar-refractivity contribution in [2.45, 2.75) is 33.6 Å². The summed E-state index contributed by atoms with van der Waals surface area (Å²) in [7, 11) is 0. The van der Waals surface area contributed by atoms with Gasteiger partial charge in [-0.3, -0.25) is 0 Å². The SMILES string of the molecule is CCCC(C)C.[W]. The molecule has 0 aromatic heterocycles. The van der Waals surface area contributed by atoms with Gasteiger partial charge in [-0.2, -0.15) is 0 Å². The van der Waals surface area contributed by atoms with E-state index < -0.39 is 0 Å². The van der Waals surface area contributed by atoms with Crippen molar-refractivity contribution in [3.05, 3.63) is 0 Å². The molecule has 1 heteroatoms. The summed E-state index contributed by atoms with van der Waals surface area (Å²) in [4.78, 5) is 0. The molecule has 0 aromatic rings. The number of rotatable bonds is 2. The van der Waals surface area contributed by atoms with Crippen LogP contribution in [0.1, 0.15) is 33.6 Å². The first-order chi connectivity index (χ1) is 2.77. The van der Waals surface area contributed by atoms with E-state index in [4.69, 9.17) is 0 Å². The smallest absolute Gasteiger partial charge is 0 e. The first-order valence-corrected chi connectivity index (χ1v) is 2.77. The molecule has 0 rings (SSSR count). The van der Waals surface area contributed by atoms with Gasteiger partial charge in [-0.1, -0.05) is 33.6 Å². The molecule has 0 saturated heterocycles. The van der Waals surface area contributed by atoms with Crippen LogP contribution in [-0.4, -0.2) is 0 Å². The third-order valence-electron chi connectivity index (χ3n) is 0.866. The second kappa shape index (κ2) is 6.69. The van der Waals surface area contributed by atoms with Crippen LogP contribution in [0, 0.1) is 5.92 Å². The molecule has 0 fully saturated rings. The summed E-state index contributed by atoms with van der Waals surface area (Å²) in [6.07, 6.45) is 2.71. The Hall–Kier alpha value is 0.688. The van der Waals surface area contributed by atoms with E-state index in [9.17, 15) is 0 Å². The van der Waals surface area contributed by atoms with Crippen LogP contribution < -0.4 is 0 Å². The Morgan fingerprint density at radius 3 is 1.71 bits per heavy atom. The number of hydrogen-bond acceptors (Lipinski definition) is 0. The molecule has 7 heavy (non-hydrogen) atoms. The molecule has 0 saturated carbocycles. The molecule has 0 aliphatic carbocycles. The van der Waals surface area contributed by atoms with Gasteiger partial charge in [0.15, 0.2) is 0 Å². The molecule has 0 atom stereocenters. The standard InChI is InChI=1S/C6H14.W/c1-4-5-6(2)3;/h6H,4-5H2,1-3H3;. The van der Waals surface area contributed by atoms with E-state index in [1.165, 1.54) is 12.8 Å². The van der Waals surface area contributed by atoms with Crippen LogP contribution in [0.25, 0.3) is 0 Å². The molecule has 0 amide bonds. The maximum atomic E-state index is 2.25. The normalized spacial score (nSPS) is 8.57. The Balaban J connectivity index is 0. The molecule has 44 valence electrons. The van der Waals surface area contributed by atoms with Gasteiger partial charge in [-0.05, 0) is 5.92 Å². The Morgan fingerprint density at radius 1 is 1.29 bits per heavy atom. The van der Waals surface area contributed by atoms with E-state index in [-0.39, 0.29) is 21.1 Å². The zero-order valence-corrected chi connectivity index (χ0v) is 8.33. The quantitative estimate of drug-likeness (QED) is 0.723. The molecule has 0 N–H and O–H groups in total. The molecule has 0 unspecified atom stereocenters. The monoisotopic (exact) mass is 270 g/mol. The molecule has 0 radical (unpaired) electrons. The van der Waals surface area contributed by atoms with Gasteiger partial charge in [0.2, 0.25) is 0 Å². The minimum atomic E-state index is 0. The van der Waals surface area contributed by atoms with Gasteiger partial charge in [0, 0.05) is 21.1 Å². The summed E-state index contributed by atoms with van der Waals surface area (Å²) in [6, 6.07) is 0. The topological polar surface area (TPSA) is 0 Å².